The zero-order valence-corrected chi connectivity index (χ0v) is 14.2. The summed E-state index contributed by atoms with van der Waals surface area (Å²) in [4.78, 5) is 24.4. The van der Waals surface area contributed by atoms with Crippen LogP contribution in [0.2, 0.25) is 0 Å². The Hall–Kier alpha value is -2.35. The molecule has 0 aliphatic rings. The maximum absolute atomic E-state index is 12.3. The van der Waals surface area contributed by atoms with E-state index in [2.05, 4.69) is 24.5 Å². The molecule has 23 heavy (non-hydrogen) atoms. The van der Waals surface area contributed by atoms with E-state index in [0.29, 0.717) is 17.9 Å². The number of carbonyl (C=O) groups is 2. The van der Waals surface area contributed by atoms with Crippen LogP contribution in [-0.4, -0.2) is 24.4 Å². The molecule has 0 heterocycles. The number of nitriles is 1. The van der Waals surface area contributed by atoms with Gasteiger partial charge in [0.05, 0.1) is 6.07 Å². The fourth-order valence-corrected chi connectivity index (χ4v) is 2.21. The van der Waals surface area contributed by atoms with Crippen molar-refractivity contribution in [3.8, 4) is 6.07 Å². The van der Waals surface area contributed by atoms with E-state index in [-0.39, 0.29) is 24.3 Å². The van der Waals surface area contributed by atoms with E-state index in [4.69, 9.17) is 5.26 Å². The molecule has 2 N–H and O–H groups in total. The van der Waals surface area contributed by atoms with Crippen molar-refractivity contribution in [1.82, 2.24) is 10.6 Å². The van der Waals surface area contributed by atoms with Gasteiger partial charge in [0.25, 0.3) is 5.91 Å². The molecule has 0 aliphatic carbocycles. The van der Waals surface area contributed by atoms with Crippen LogP contribution in [0, 0.1) is 17.2 Å². The lowest BCUT2D eigenvalue weighted by Crippen LogP contribution is -2.47. The predicted octanol–water partition coefficient (Wildman–Crippen LogP) is 2.59. The number of hydrogen-bond donors (Lipinski definition) is 2. The van der Waals surface area contributed by atoms with E-state index in [1.165, 1.54) is 0 Å². The first-order chi connectivity index (χ1) is 10.8. The van der Waals surface area contributed by atoms with E-state index < -0.39 is 6.04 Å². The molecule has 5 heteroatoms. The second-order valence-electron chi connectivity index (χ2n) is 6.31. The molecule has 0 radical (unpaired) electrons. The first kappa shape index (κ1) is 18.7. The number of hydrogen-bond acceptors (Lipinski definition) is 3. The van der Waals surface area contributed by atoms with Crippen molar-refractivity contribution < 1.29 is 9.59 Å². The number of rotatable bonds is 7. The maximum Gasteiger partial charge on any atom is 0.251 e. The van der Waals surface area contributed by atoms with Gasteiger partial charge in [-0.2, -0.15) is 5.26 Å². The molecule has 1 atom stereocenters. The zero-order chi connectivity index (χ0) is 17.4. The predicted molar refractivity (Wildman–Crippen MR) is 89.9 cm³/mol. The molecule has 0 spiro atoms. The molecule has 1 aromatic carbocycles. The smallest absolute Gasteiger partial charge is 0.251 e. The zero-order valence-electron chi connectivity index (χ0n) is 14.2. The van der Waals surface area contributed by atoms with Crippen molar-refractivity contribution in [3.63, 3.8) is 0 Å². The van der Waals surface area contributed by atoms with Gasteiger partial charge in [0, 0.05) is 5.56 Å². The summed E-state index contributed by atoms with van der Waals surface area (Å²) in [6, 6.07) is 8.61. The third-order valence-corrected chi connectivity index (χ3v) is 3.51. The molecule has 0 aromatic heterocycles. The highest BCUT2D eigenvalue weighted by Crippen LogP contribution is 2.15. The van der Waals surface area contributed by atoms with Gasteiger partial charge in [0.15, 0.2) is 0 Å². The highest BCUT2D eigenvalue weighted by molar-refractivity contribution is 5.97. The van der Waals surface area contributed by atoms with Gasteiger partial charge in [0.1, 0.15) is 12.6 Å². The Labute approximate surface area is 138 Å². The fourth-order valence-electron chi connectivity index (χ4n) is 2.21. The summed E-state index contributed by atoms with van der Waals surface area (Å²) in [5.41, 5.74) is 1.68. The van der Waals surface area contributed by atoms with Crippen LogP contribution < -0.4 is 10.6 Å². The Morgan fingerprint density at radius 1 is 1.13 bits per heavy atom. The molecule has 1 rings (SSSR count). The molecule has 124 valence electrons. The van der Waals surface area contributed by atoms with E-state index in [1.54, 1.807) is 12.1 Å². The van der Waals surface area contributed by atoms with Crippen LogP contribution in [0.25, 0.3) is 0 Å². The number of amides is 2. The monoisotopic (exact) mass is 315 g/mol. The third-order valence-electron chi connectivity index (χ3n) is 3.51. The normalized spacial score (nSPS) is 11.9. The van der Waals surface area contributed by atoms with Crippen molar-refractivity contribution in [2.24, 2.45) is 5.92 Å². The molecule has 5 nitrogen and oxygen atoms in total. The average molecular weight is 315 g/mol. The molecule has 0 fully saturated rings. The van der Waals surface area contributed by atoms with Crippen LogP contribution in [0.4, 0.5) is 0 Å². The van der Waals surface area contributed by atoms with Crippen LogP contribution in [-0.2, 0) is 4.79 Å². The van der Waals surface area contributed by atoms with Gasteiger partial charge < -0.3 is 10.6 Å². The van der Waals surface area contributed by atoms with Gasteiger partial charge in [-0.1, -0.05) is 39.8 Å². The molecule has 2 amide bonds. The molecule has 0 bridgehead atoms. The van der Waals surface area contributed by atoms with E-state index in [0.717, 1.165) is 5.56 Å². The van der Waals surface area contributed by atoms with Crippen LogP contribution in [0.5, 0.6) is 0 Å². The third kappa shape index (κ3) is 6.11. The van der Waals surface area contributed by atoms with Crippen LogP contribution >= 0.6 is 0 Å². The van der Waals surface area contributed by atoms with Crippen LogP contribution in [0.1, 0.15) is 56.0 Å². The Bertz CT molecular complexity index is 571. The summed E-state index contributed by atoms with van der Waals surface area (Å²) in [5.74, 6) is 0.0412. The minimum absolute atomic E-state index is 0.0631. The number of nitrogens with zero attached hydrogens (tertiary/aromatic N) is 1. The average Bonchev–Trinajstić information content (AvgIpc) is 2.51. The molecule has 1 aromatic rings. The van der Waals surface area contributed by atoms with Gasteiger partial charge >= 0.3 is 0 Å². The summed E-state index contributed by atoms with van der Waals surface area (Å²) in [6.07, 6.45) is 0.521. The van der Waals surface area contributed by atoms with Crippen molar-refractivity contribution in [1.29, 1.82) is 5.26 Å². The molecular formula is C18H25N3O2. The number of benzene rings is 1. The maximum atomic E-state index is 12.3. The lowest BCUT2D eigenvalue weighted by atomic mass is 10.0. The van der Waals surface area contributed by atoms with Crippen molar-refractivity contribution in [3.05, 3.63) is 35.4 Å². The highest BCUT2D eigenvalue weighted by Gasteiger charge is 2.22. The molecule has 0 saturated heterocycles. The molecule has 0 unspecified atom stereocenters. The Kier molecular flexibility index (Phi) is 7.27. The van der Waals surface area contributed by atoms with Crippen molar-refractivity contribution >= 4 is 11.8 Å². The van der Waals surface area contributed by atoms with Crippen LogP contribution in [0.3, 0.4) is 0 Å². The van der Waals surface area contributed by atoms with Gasteiger partial charge in [0.2, 0.25) is 5.91 Å². The number of nitrogens with one attached hydrogen (secondary N) is 2. The lowest BCUT2D eigenvalue weighted by Gasteiger charge is -2.19. The molecule has 0 aliphatic heterocycles. The topological polar surface area (TPSA) is 82.0 Å². The van der Waals surface area contributed by atoms with E-state index >= 15 is 0 Å². The Balaban J connectivity index is 2.79. The van der Waals surface area contributed by atoms with Crippen molar-refractivity contribution in [2.75, 3.05) is 6.54 Å². The SMILES string of the molecule is CC(C)C[C@H](NC(=O)c1ccc(C(C)C)cc1)C(=O)NCC#N. The minimum atomic E-state index is -0.638. The molecule has 0 saturated carbocycles. The van der Waals surface area contributed by atoms with Gasteiger partial charge in [-0.05, 0) is 36.0 Å². The van der Waals surface area contributed by atoms with Gasteiger partial charge in [-0.3, -0.25) is 9.59 Å². The Morgan fingerprint density at radius 2 is 1.74 bits per heavy atom. The lowest BCUT2D eigenvalue weighted by molar-refractivity contribution is -0.123. The quantitative estimate of drug-likeness (QED) is 0.759. The highest BCUT2D eigenvalue weighted by atomic mass is 16.2. The van der Waals surface area contributed by atoms with E-state index in [9.17, 15) is 9.59 Å². The second-order valence-corrected chi connectivity index (χ2v) is 6.31. The summed E-state index contributed by atoms with van der Waals surface area (Å²) in [7, 11) is 0. The van der Waals surface area contributed by atoms with Gasteiger partial charge in [-0.15, -0.1) is 0 Å². The second kappa shape index (κ2) is 8.94. The van der Waals surface area contributed by atoms with Crippen LogP contribution in [0.15, 0.2) is 24.3 Å². The largest absolute Gasteiger partial charge is 0.341 e. The first-order valence-electron chi connectivity index (χ1n) is 7.90. The Morgan fingerprint density at radius 3 is 2.22 bits per heavy atom. The fraction of sp³-hybridized carbons (Fsp3) is 0.500. The van der Waals surface area contributed by atoms with Crippen molar-refractivity contribution in [2.45, 2.75) is 46.1 Å². The van der Waals surface area contributed by atoms with Gasteiger partial charge in [-0.25, -0.2) is 0 Å². The summed E-state index contributed by atoms with van der Waals surface area (Å²) in [5, 5.41) is 13.8. The summed E-state index contributed by atoms with van der Waals surface area (Å²) < 4.78 is 0. The number of carbonyl (C=O) groups excluding carboxylic acids is 2. The summed E-state index contributed by atoms with van der Waals surface area (Å²) in [6.45, 7) is 8.08. The summed E-state index contributed by atoms with van der Waals surface area (Å²) >= 11 is 0. The standard InChI is InChI=1S/C18H25N3O2/c1-12(2)11-16(18(23)20-10-9-19)21-17(22)15-7-5-14(6-8-15)13(3)4/h5-8,12-13,16H,10-11H2,1-4H3,(H,20,23)(H,21,22)/t16-/m0/s1. The van der Waals surface area contributed by atoms with E-state index in [1.807, 2.05) is 32.0 Å². The molecular weight excluding hydrogens is 290 g/mol. The first-order valence-corrected chi connectivity index (χ1v) is 7.90. The minimum Gasteiger partial charge on any atom is -0.341 e.